The molecule has 42 heavy (non-hydrogen) atoms. The van der Waals surface area contributed by atoms with Crippen LogP contribution in [0.25, 0.3) is 65.7 Å². The summed E-state index contributed by atoms with van der Waals surface area (Å²) in [6.45, 7) is 9.43. The van der Waals surface area contributed by atoms with E-state index >= 15 is 0 Å². The average Bonchev–Trinajstić information content (AvgIpc) is 3.39. The van der Waals surface area contributed by atoms with Gasteiger partial charge in [0.05, 0.1) is 0 Å². The van der Waals surface area contributed by atoms with Crippen molar-refractivity contribution in [3.8, 4) is 33.4 Å². The Balaban J connectivity index is 1.24. The highest BCUT2D eigenvalue weighted by molar-refractivity contribution is 6.18. The van der Waals surface area contributed by atoms with Crippen LogP contribution in [0.1, 0.15) is 49.9 Å². The molecule has 0 atom stereocenters. The third-order valence-electron chi connectivity index (χ3n) is 10.5. The summed E-state index contributed by atoms with van der Waals surface area (Å²) in [4.78, 5) is 0. The van der Waals surface area contributed by atoms with E-state index in [1.807, 2.05) is 0 Å². The van der Waals surface area contributed by atoms with Gasteiger partial charge in [0.15, 0.2) is 0 Å². The standard InChI is InChI=1S/C42H32/c1-41(2)37-11-7-5-9-31(37)33-20-16-27(22-39(33)41)26-14-13-25-15-18-30-29(34(25)21-26)19-17-28-23-40-36(24-35(28)30)32-10-6-8-12-38(32)42(40,3)4/h5-24H,1-4H3. The first-order valence-electron chi connectivity index (χ1n) is 15.1. The van der Waals surface area contributed by atoms with Crippen molar-refractivity contribution in [3.05, 3.63) is 144 Å². The fourth-order valence-corrected chi connectivity index (χ4v) is 8.13. The Labute approximate surface area is 247 Å². The van der Waals surface area contributed by atoms with Gasteiger partial charge >= 0.3 is 0 Å². The highest BCUT2D eigenvalue weighted by atomic mass is 14.4. The van der Waals surface area contributed by atoms with Crippen molar-refractivity contribution >= 4 is 32.3 Å². The van der Waals surface area contributed by atoms with Gasteiger partial charge in [-0.1, -0.05) is 125 Å². The minimum Gasteiger partial charge on any atom is -0.0619 e. The maximum atomic E-state index is 2.45. The molecule has 0 bridgehead atoms. The summed E-state index contributed by atoms with van der Waals surface area (Å²) < 4.78 is 0. The molecule has 0 saturated heterocycles. The second-order valence-electron chi connectivity index (χ2n) is 13.4. The van der Waals surface area contributed by atoms with Crippen molar-refractivity contribution < 1.29 is 0 Å². The summed E-state index contributed by atoms with van der Waals surface area (Å²) in [6, 6.07) is 46.1. The number of rotatable bonds is 1. The van der Waals surface area contributed by atoms with Crippen LogP contribution in [0, 0.1) is 0 Å². The molecular weight excluding hydrogens is 504 g/mol. The van der Waals surface area contributed by atoms with Crippen LogP contribution in [0.5, 0.6) is 0 Å². The number of fused-ring (bicyclic) bond motifs is 11. The molecule has 0 heteroatoms. The first-order chi connectivity index (χ1) is 20.3. The van der Waals surface area contributed by atoms with Crippen LogP contribution in [0.15, 0.2) is 121 Å². The van der Waals surface area contributed by atoms with Crippen molar-refractivity contribution in [1.29, 1.82) is 0 Å². The average molecular weight is 537 g/mol. The Morgan fingerprint density at radius 2 is 0.833 bits per heavy atom. The second-order valence-corrected chi connectivity index (χ2v) is 13.4. The van der Waals surface area contributed by atoms with E-state index in [0.29, 0.717) is 0 Å². The zero-order valence-corrected chi connectivity index (χ0v) is 24.5. The van der Waals surface area contributed by atoms with E-state index in [4.69, 9.17) is 0 Å². The van der Waals surface area contributed by atoms with E-state index in [-0.39, 0.29) is 10.8 Å². The van der Waals surface area contributed by atoms with Crippen molar-refractivity contribution in [2.45, 2.75) is 38.5 Å². The highest BCUT2D eigenvalue weighted by Crippen LogP contribution is 2.51. The van der Waals surface area contributed by atoms with Gasteiger partial charge in [-0.05, 0) is 112 Å². The van der Waals surface area contributed by atoms with Gasteiger partial charge in [-0.2, -0.15) is 0 Å². The number of hydrogen-bond donors (Lipinski definition) is 0. The summed E-state index contributed by atoms with van der Waals surface area (Å²) in [5.41, 5.74) is 13.8. The van der Waals surface area contributed by atoms with Gasteiger partial charge in [-0.15, -0.1) is 0 Å². The van der Waals surface area contributed by atoms with Gasteiger partial charge in [0.2, 0.25) is 0 Å². The van der Waals surface area contributed by atoms with E-state index in [1.165, 1.54) is 88.0 Å². The lowest BCUT2D eigenvalue weighted by atomic mass is 9.81. The van der Waals surface area contributed by atoms with Crippen LogP contribution in [-0.4, -0.2) is 0 Å². The van der Waals surface area contributed by atoms with Crippen LogP contribution < -0.4 is 0 Å². The minimum atomic E-state index is -0.00214. The van der Waals surface area contributed by atoms with E-state index in [2.05, 4.69) is 149 Å². The molecule has 7 aromatic rings. The zero-order valence-electron chi connectivity index (χ0n) is 24.5. The molecule has 2 aliphatic carbocycles. The van der Waals surface area contributed by atoms with Crippen LogP contribution in [0.4, 0.5) is 0 Å². The van der Waals surface area contributed by atoms with Crippen LogP contribution in [0.3, 0.4) is 0 Å². The van der Waals surface area contributed by atoms with Crippen LogP contribution >= 0.6 is 0 Å². The molecule has 0 nitrogen and oxygen atoms in total. The second kappa shape index (κ2) is 7.99. The molecule has 0 radical (unpaired) electrons. The van der Waals surface area contributed by atoms with Crippen molar-refractivity contribution in [1.82, 2.24) is 0 Å². The van der Waals surface area contributed by atoms with Gasteiger partial charge in [-0.25, -0.2) is 0 Å². The molecule has 2 aliphatic rings. The van der Waals surface area contributed by atoms with Crippen molar-refractivity contribution in [2.24, 2.45) is 0 Å². The quantitative estimate of drug-likeness (QED) is 0.183. The van der Waals surface area contributed by atoms with Crippen LogP contribution in [0.2, 0.25) is 0 Å². The molecule has 0 spiro atoms. The molecule has 7 aromatic carbocycles. The maximum absolute atomic E-state index is 2.45. The van der Waals surface area contributed by atoms with Crippen molar-refractivity contribution in [3.63, 3.8) is 0 Å². The molecule has 0 aliphatic heterocycles. The molecule has 9 rings (SSSR count). The predicted molar refractivity (Wildman–Crippen MR) is 180 cm³/mol. The lowest BCUT2D eigenvalue weighted by molar-refractivity contribution is 0.660. The topological polar surface area (TPSA) is 0 Å². The molecule has 0 saturated carbocycles. The highest BCUT2D eigenvalue weighted by Gasteiger charge is 2.36. The SMILES string of the molecule is CC1(C)c2ccccc2-c2ccc(-c3ccc4ccc5c6cc7c(cc6ccc5c4c3)C(C)(C)c3ccccc3-7)cc21. The van der Waals surface area contributed by atoms with Gasteiger partial charge in [-0.3, -0.25) is 0 Å². The molecule has 0 unspecified atom stereocenters. The predicted octanol–water partition coefficient (Wildman–Crippen LogP) is 11.4. The smallest absolute Gasteiger partial charge is 0.0159 e. The number of benzene rings is 7. The van der Waals surface area contributed by atoms with Crippen LogP contribution in [-0.2, 0) is 10.8 Å². The Morgan fingerprint density at radius 1 is 0.333 bits per heavy atom. The molecule has 0 aromatic heterocycles. The van der Waals surface area contributed by atoms with Gasteiger partial charge in [0, 0.05) is 10.8 Å². The van der Waals surface area contributed by atoms with E-state index in [9.17, 15) is 0 Å². The summed E-state index contributed by atoms with van der Waals surface area (Å²) >= 11 is 0. The summed E-state index contributed by atoms with van der Waals surface area (Å²) in [6.07, 6.45) is 0. The third kappa shape index (κ3) is 3.02. The Bertz CT molecular complexity index is 2290. The Kier molecular flexibility index (Phi) is 4.56. The van der Waals surface area contributed by atoms with Gasteiger partial charge in [0.1, 0.15) is 0 Å². The van der Waals surface area contributed by atoms with Gasteiger partial charge < -0.3 is 0 Å². The lowest BCUT2D eigenvalue weighted by Crippen LogP contribution is -2.14. The fourth-order valence-electron chi connectivity index (χ4n) is 8.13. The summed E-state index contributed by atoms with van der Waals surface area (Å²) in [5.74, 6) is 0. The first kappa shape index (κ1) is 24.0. The minimum absolute atomic E-state index is 0.00214. The molecular formula is C42H32. The molecule has 0 amide bonds. The third-order valence-corrected chi connectivity index (χ3v) is 10.5. The van der Waals surface area contributed by atoms with Crippen molar-refractivity contribution in [2.75, 3.05) is 0 Å². The van der Waals surface area contributed by atoms with E-state index in [0.717, 1.165) is 0 Å². The summed E-state index contributed by atoms with van der Waals surface area (Å²) in [5, 5.41) is 7.90. The van der Waals surface area contributed by atoms with E-state index in [1.54, 1.807) is 0 Å². The molecule has 200 valence electrons. The first-order valence-corrected chi connectivity index (χ1v) is 15.1. The normalized spacial score (nSPS) is 15.5. The van der Waals surface area contributed by atoms with E-state index < -0.39 is 0 Å². The maximum Gasteiger partial charge on any atom is 0.0159 e. The Morgan fingerprint density at radius 3 is 1.55 bits per heavy atom. The fraction of sp³-hybridized carbons (Fsp3) is 0.143. The molecule has 0 fully saturated rings. The number of hydrogen-bond acceptors (Lipinski definition) is 0. The van der Waals surface area contributed by atoms with Gasteiger partial charge in [0.25, 0.3) is 0 Å². The molecule has 0 heterocycles. The molecule has 0 N–H and O–H groups in total. The Hall–Kier alpha value is -4.68. The largest absolute Gasteiger partial charge is 0.0619 e. The monoisotopic (exact) mass is 536 g/mol. The zero-order chi connectivity index (χ0) is 28.4. The summed E-state index contributed by atoms with van der Waals surface area (Å²) in [7, 11) is 0. The lowest BCUT2D eigenvalue weighted by Gasteiger charge is -2.22.